The minimum absolute atomic E-state index is 0.102. The lowest BCUT2D eigenvalue weighted by Gasteiger charge is -2.26. The number of amides is 2. The molecule has 2 heterocycles. The summed E-state index contributed by atoms with van der Waals surface area (Å²) in [6.07, 6.45) is 1.65. The lowest BCUT2D eigenvalue weighted by Crippen LogP contribution is -2.49. The van der Waals surface area contributed by atoms with E-state index in [0.717, 1.165) is 11.3 Å². The van der Waals surface area contributed by atoms with E-state index < -0.39 is 0 Å². The van der Waals surface area contributed by atoms with Crippen molar-refractivity contribution in [3.8, 4) is 0 Å². The Hall–Kier alpha value is -2.60. The third-order valence-corrected chi connectivity index (χ3v) is 3.73. The summed E-state index contributed by atoms with van der Waals surface area (Å²) in [4.78, 5) is 25.3. The lowest BCUT2D eigenvalue weighted by atomic mass is 10.1. The highest BCUT2D eigenvalue weighted by molar-refractivity contribution is 5.97. The average Bonchev–Trinajstić information content (AvgIpc) is 3.08. The molecule has 3 rings (SSSR count). The van der Waals surface area contributed by atoms with E-state index in [1.165, 1.54) is 0 Å². The van der Waals surface area contributed by atoms with E-state index in [1.54, 1.807) is 23.3 Å². The first kappa shape index (κ1) is 15.3. The van der Waals surface area contributed by atoms with E-state index in [1.807, 2.05) is 24.3 Å². The average molecular weight is 313 g/mol. The number of carbonyl (C=O) groups is 2. The molecule has 0 saturated carbocycles. The second-order valence-corrected chi connectivity index (χ2v) is 5.46. The number of hydrogen-bond donors (Lipinski definition) is 2. The van der Waals surface area contributed by atoms with Gasteiger partial charge in [0.25, 0.3) is 5.91 Å². The number of nitrogens with one attached hydrogen (secondary N) is 2. The standard InChI is InChI=1S/C17H19N3O3/c21-16-12-20(8-7-19-16)17(22)14-5-3-13(4-6-14)10-18-11-15-2-1-9-23-15/h1-6,9,18H,7-8,10-12H2,(H,19,21). The number of rotatable bonds is 5. The molecule has 23 heavy (non-hydrogen) atoms. The first-order chi connectivity index (χ1) is 11.2. The highest BCUT2D eigenvalue weighted by Crippen LogP contribution is 2.09. The van der Waals surface area contributed by atoms with Crippen LogP contribution in [0.5, 0.6) is 0 Å². The van der Waals surface area contributed by atoms with Gasteiger partial charge in [0, 0.05) is 25.2 Å². The van der Waals surface area contributed by atoms with Crippen molar-refractivity contribution in [1.82, 2.24) is 15.5 Å². The summed E-state index contributed by atoms with van der Waals surface area (Å²) >= 11 is 0. The van der Waals surface area contributed by atoms with Crippen LogP contribution in [0.1, 0.15) is 21.7 Å². The molecule has 1 fully saturated rings. The van der Waals surface area contributed by atoms with Crippen LogP contribution in [0.3, 0.4) is 0 Å². The first-order valence-electron chi connectivity index (χ1n) is 7.60. The molecule has 0 bridgehead atoms. The topological polar surface area (TPSA) is 74.6 Å². The zero-order valence-electron chi connectivity index (χ0n) is 12.7. The second kappa shape index (κ2) is 7.11. The number of carbonyl (C=O) groups excluding carboxylic acids is 2. The molecule has 0 spiro atoms. The van der Waals surface area contributed by atoms with Crippen LogP contribution in [0.4, 0.5) is 0 Å². The molecule has 0 unspecified atom stereocenters. The van der Waals surface area contributed by atoms with Crippen molar-refractivity contribution in [2.45, 2.75) is 13.1 Å². The summed E-state index contributed by atoms with van der Waals surface area (Å²) in [6, 6.07) is 11.2. The molecule has 1 aromatic heterocycles. The minimum Gasteiger partial charge on any atom is -0.468 e. The SMILES string of the molecule is O=C1CN(C(=O)c2ccc(CNCc3ccco3)cc2)CCN1. The van der Waals surface area contributed by atoms with Crippen LogP contribution in [0.2, 0.25) is 0 Å². The van der Waals surface area contributed by atoms with Crippen molar-refractivity contribution in [3.05, 3.63) is 59.5 Å². The Kier molecular flexibility index (Phi) is 4.73. The Labute approximate surface area is 134 Å². The summed E-state index contributed by atoms with van der Waals surface area (Å²) < 4.78 is 5.25. The molecule has 2 N–H and O–H groups in total. The molecule has 2 aromatic rings. The van der Waals surface area contributed by atoms with Gasteiger partial charge in [0.1, 0.15) is 5.76 Å². The molecule has 1 aliphatic rings. The molecule has 0 radical (unpaired) electrons. The van der Waals surface area contributed by atoms with Gasteiger partial charge >= 0.3 is 0 Å². The molecule has 1 aliphatic heterocycles. The lowest BCUT2D eigenvalue weighted by molar-refractivity contribution is -0.123. The Morgan fingerprint density at radius 3 is 2.74 bits per heavy atom. The molecular weight excluding hydrogens is 294 g/mol. The van der Waals surface area contributed by atoms with Crippen molar-refractivity contribution in [2.75, 3.05) is 19.6 Å². The summed E-state index contributed by atoms with van der Waals surface area (Å²) in [5.74, 6) is 0.679. The van der Waals surface area contributed by atoms with Gasteiger partial charge in [-0.2, -0.15) is 0 Å². The fourth-order valence-electron chi connectivity index (χ4n) is 2.50. The highest BCUT2D eigenvalue weighted by atomic mass is 16.3. The number of hydrogen-bond acceptors (Lipinski definition) is 4. The normalized spacial score (nSPS) is 14.6. The van der Waals surface area contributed by atoms with Crippen LogP contribution in [0, 0.1) is 0 Å². The fraction of sp³-hybridized carbons (Fsp3) is 0.294. The Balaban J connectivity index is 1.53. The second-order valence-electron chi connectivity index (χ2n) is 5.46. The summed E-state index contributed by atoms with van der Waals surface area (Å²) in [7, 11) is 0. The van der Waals surface area contributed by atoms with Crippen LogP contribution in [0.15, 0.2) is 47.1 Å². The van der Waals surface area contributed by atoms with Crippen molar-refractivity contribution >= 4 is 11.8 Å². The zero-order chi connectivity index (χ0) is 16.1. The van der Waals surface area contributed by atoms with E-state index in [9.17, 15) is 9.59 Å². The Morgan fingerprint density at radius 1 is 1.22 bits per heavy atom. The van der Waals surface area contributed by atoms with E-state index in [-0.39, 0.29) is 18.4 Å². The van der Waals surface area contributed by atoms with E-state index >= 15 is 0 Å². The minimum atomic E-state index is -0.108. The first-order valence-corrected chi connectivity index (χ1v) is 7.60. The van der Waals surface area contributed by atoms with Gasteiger partial charge in [0.15, 0.2) is 0 Å². The van der Waals surface area contributed by atoms with Crippen LogP contribution in [0.25, 0.3) is 0 Å². The predicted octanol–water partition coefficient (Wildman–Crippen LogP) is 1.14. The van der Waals surface area contributed by atoms with Crippen LogP contribution < -0.4 is 10.6 Å². The predicted molar refractivity (Wildman–Crippen MR) is 84.6 cm³/mol. The highest BCUT2D eigenvalue weighted by Gasteiger charge is 2.21. The summed E-state index contributed by atoms with van der Waals surface area (Å²) in [6.45, 7) is 2.56. The van der Waals surface area contributed by atoms with E-state index in [4.69, 9.17) is 4.42 Å². The van der Waals surface area contributed by atoms with Gasteiger partial charge in [0.05, 0.1) is 19.4 Å². The third-order valence-electron chi connectivity index (χ3n) is 3.73. The molecule has 6 nitrogen and oxygen atoms in total. The van der Waals surface area contributed by atoms with Crippen molar-refractivity contribution in [3.63, 3.8) is 0 Å². The van der Waals surface area contributed by atoms with Gasteiger partial charge in [-0.15, -0.1) is 0 Å². The molecule has 6 heteroatoms. The maximum atomic E-state index is 12.3. The maximum absolute atomic E-state index is 12.3. The van der Waals surface area contributed by atoms with Gasteiger partial charge in [-0.25, -0.2) is 0 Å². The molecule has 1 aromatic carbocycles. The van der Waals surface area contributed by atoms with Crippen LogP contribution in [-0.2, 0) is 17.9 Å². The molecule has 0 atom stereocenters. The quantitative estimate of drug-likeness (QED) is 0.868. The van der Waals surface area contributed by atoms with Gasteiger partial charge in [0.2, 0.25) is 5.91 Å². The van der Waals surface area contributed by atoms with E-state index in [0.29, 0.717) is 31.7 Å². The maximum Gasteiger partial charge on any atom is 0.254 e. The Morgan fingerprint density at radius 2 is 2.04 bits per heavy atom. The van der Waals surface area contributed by atoms with Gasteiger partial charge in [-0.05, 0) is 29.8 Å². The van der Waals surface area contributed by atoms with Crippen LogP contribution >= 0.6 is 0 Å². The van der Waals surface area contributed by atoms with Gasteiger partial charge in [-0.3, -0.25) is 9.59 Å². The number of furan rings is 1. The number of benzene rings is 1. The fourth-order valence-corrected chi connectivity index (χ4v) is 2.50. The van der Waals surface area contributed by atoms with Crippen LogP contribution in [-0.4, -0.2) is 36.3 Å². The Bertz CT molecular complexity index is 665. The van der Waals surface area contributed by atoms with Gasteiger partial charge < -0.3 is 20.0 Å². The molecular formula is C17H19N3O3. The largest absolute Gasteiger partial charge is 0.468 e. The summed E-state index contributed by atoms with van der Waals surface area (Å²) in [5.41, 5.74) is 1.69. The smallest absolute Gasteiger partial charge is 0.254 e. The molecule has 1 saturated heterocycles. The monoisotopic (exact) mass is 313 g/mol. The van der Waals surface area contributed by atoms with Crippen molar-refractivity contribution < 1.29 is 14.0 Å². The molecule has 2 amide bonds. The summed E-state index contributed by atoms with van der Waals surface area (Å²) in [5, 5.41) is 5.99. The van der Waals surface area contributed by atoms with Gasteiger partial charge in [-0.1, -0.05) is 12.1 Å². The number of piperazine rings is 1. The number of nitrogens with zero attached hydrogens (tertiary/aromatic N) is 1. The third kappa shape index (κ3) is 3.98. The van der Waals surface area contributed by atoms with E-state index in [2.05, 4.69) is 10.6 Å². The molecule has 0 aliphatic carbocycles. The zero-order valence-corrected chi connectivity index (χ0v) is 12.7. The molecule has 120 valence electrons. The van der Waals surface area contributed by atoms with Crippen molar-refractivity contribution in [1.29, 1.82) is 0 Å². The van der Waals surface area contributed by atoms with Crippen molar-refractivity contribution in [2.24, 2.45) is 0 Å².